The molecule has 0 saturated carbocycles. The van der Waals surface area contributed by atoms with Crippen LogP contribution in [0.25, 0.3) is 0 Å². The highest BCUT2D eigenvalue weighted by Gasteiger charge is 2.26. The van der Waals surface area contributed by atoms with Crippen LogP contribution in [0.3, 0.4) is 0 Å². The van der Waals surface area contributed by atoms with Crippen molar-refractivity contribution in [2.75, 3.05) is 26.2 Å². The number of aliphatic carboxylic acids is 1. The van der Waals surface area contributed by atoms with Gasteiger partial charge in [-0.1, -0.05) is 23.7 Å². The molecular weight excluding hydrogens is 334 g/mol. The number of carboxylic acids is 1. The van der Waals surface area contributed by atoms with Crippen molar-refractivity contribution in [1.82, 2.24) is 15.1 Å². The highest BCUT2D eigenvalue weighted by Crippen LogP contribution is 2.14. The lowest BCUT2D eigenvalue weighted by Crippen LogP contribution is -2.54. The Morgan fingerprint density at radius 2 is 2.08 bits per heavy atom. The van der Waals surface area contributed by atoms with Gasteiger partial charge in [-0.25, -0.2) is 4.79 Å². The minimum atomic E-state index is -0.894. The molecule has 7 nitrogen and oxygen atoms in total. The van der Waals surface area contributed by atoms with Gasteiger partial charge in [0, 0.05) is 37.6 Å². The van der Waals surface area contributed by atoms with E-state index in [1.165, 1.54) is 4.90 Å². The topological polar surface area (TPSA) is 89.9 Å². The van der Waals surface area contributed by atoms with Crippen LogP contribution in [-0.2, 0) is 16.1 Å². The highest BCUT2D eigenvalue weighted by atomic mass is 35.5. The summed E-state index contributed by atoms with van der Waals surface area (Å²) in [6.07, 6.45) is 0.371. The SMILES string of the molecule is O=C(O)CCCNC(=O)N1CCN(Cc2cccc(Cl)c2)C(=O)C1. The van der Waals surface area contributed by atoms with Gasteiger partial charge in [-0.2, -0.15) is 0 Å². The van der Waals surface area contributed by atoms with Crippen LogP contribution in [0, 0.1) is 0 Å². The van der Waals surface area contributed by atoms with Gasteiger partial charge in [-0.15, -0.1) is 0 Å². The molecule has 0 atom stereocenters. The maximum absolute atomic E-state index is 12.2. The number of amides is 3. The molecule has 1 saturated heterocycles. The van der Waals surface area contributed by atoms with Crippen molar-refractivity contribution in [2.24, 2.45) is 0 Å². The summed E-state index contributed by atoms with van der Waals surface area (Å²) in [4.78, 5) is 37.7. The van der Waals surface area contributed by atoms with E-state index in [4.69, 9.17) is 16.7 Å². The number of nitrogens with zero attached hydrogens (tertiary/aromatic N) is 2. The molecular formula is C16H20ClN3O4. The standard InChI is InChI=1S/C16H20ClN3O4/c17-13-4-1-3-12(9-13)10-19-7-8-20(11-14(19)21)16(24)18-6-2-5-15(22)23/h1,3-4,9H,2,5-8,10-11H2,(H,18,24)(H,22,23). The molecule has 1 aliphatic heterocycles. The summed E-state index contributed by atoms with van der Waals surface area (Å²) in [6.45, 7) is 1.66. The Hall–Kier alpha value is -2.28. The summed E-state index contributed by atoms with van der Waals surface area (Å²) in [5.74, 6) is -1.02. The molecule has 1 heterocycles. The molecule has 0 bridgehead atoms. The Morgan fingerprint density at radius 1 is 1.29 bits per heavy atom. The summed E-state index contributed by atoms with van der Waals surface area (Å²) < 4.78 is 0. The number of rotatable bonds is 6. The van der Waals surface area contributed by atoms with Crippen LogP contribution < -0.4 is 5.32 Å². The average Bonchev–Trinajstić information content (AvgIpc) is 2.53. The lowest BCUT2D eigenvalue weighted by molar-refractivity contribution is -0.137. The Bertz CT molecular complexity index is 623. The van der Waals surface area contributed by atoms with E-state index in [0.29, 0.717) is 31.1 Å². The molecule has 1 aromatic carbocycles. The van der Waals surface area contributed by atoms with Crippen LogP contribution in [0.15, 0.2) is 24.3 Å². The van der Waals surface area contributed by atoms with Crippen LogP contribution in [0.1, 0.15) is 18.4 Å². The van der Waals surface area contributed by atoms with Gasteiger partial charge in [0.25, 0.3) is 0 Å². The summed E-state index contributed by atoms with van der Waals surface area (Å²) in [5.41, 5.74) is 0.947. The third-order valence-corrected chi connectivity index (χ3v) is 3.95. The number of carboxylic acid groups (broad SMARTS) is 1. The van der Waals surface area contributed by atoms with Gasteiger partial charge in [0.2, 0.25) is 5.91 Å². The zero-order valence-electron chi connectivity index (χ0n) is 13.2. The van der Waals surface area contributed by atoms with Gasteiger partial charge < -0.3 is 20.2 Å². The number of halogens is 1. The molecule has 0 spiro atoms. The zero-order valence-corrected chi connectivity index (χ0v) is 14.0. The van der Waals surface area contributed by atoms with Gasteiger partial charge in [0.15, 0.2) is 0 Å². The lowest BCUT2D eigenvalue weighted by Gasteiger charge is -2.34. The van der Waals surface area contributed by atoms with Gasteiger partial charge >= 0.3 is 12.0 Å². The molecule has 0 aliphatic carbocycles. The number of urea groups is 1. The second-order valence-electron chi connectivity index (χ2n) is 5.60. The van der Waals surface area contributed by atoms with Crippen LogP contribution in [0.5, 0.6) is 0 Å². The predicted molar refractivity (Wildman–Crippen MR) is 88.7 cm³/mol. The van der Waals surface area contributed by atoms with E-state index >= 15 is 0 Å². The number of hydrogen-bond acceptors (Lipinski definition) is 3. The third-order valence-electron chi connectivity index (χ3n) is 3.71. The first kappa shape index (κ1) is 18.1. The maximum Gasteiger partial charge on any atom is 0.317 e. The van der Waals surface area contributed by atoms with E-state index in [-0.39, 0.29) is 31.4 Å². The van der Waals surface area contributed by atoms with Crippen LogP contribution in [-0.4, -0.2) is 59.0 Å². The number of carbonyl (C=O) groups excluding carboxylic acids is 2. The Morgan fingerprint density at radius 3 is 2.75 bits per heavy atom. The van der Waals surface area contributed by atoms with E-state index in [9.17, 15) is 14.4 Å². The maximum atomic E-state index is 12.2. The molecule has 0 radical (unpaired) electrons. The fourth-order valence-corrected chi connectivity index (χ4v) is 2.66. The second-order valence-corrected chi connectivity index (χ2v) is 6.03. The van der Waals surface area contributed by atoms with E-state index < -0.39 is 5.97 Å². The molecule has 2 rings (SSSR count). The van der Waals surface area contributed by atoms with E-state index in [1.54, 1.807) is 11.0 Å². The third kappa shape index (κ3) is 5.42. The summed E-state index contributed by atoms with van der Waals surface area (Å²) in [5, 5.41) is 11.8. The molecule has 8 heteroatoms. The van der Waals surface area contributed by atoms with Gasteiger partial charge in [-0.05, 0) is 24.1 Å². The van der Waals surface area contributed by atoms with Gasteiger partial charge in [0.1, 0.15) is 6.54 Å². The summed E-state index contributed by atoms with van der Waals surface area (Å²) in [7, 11) is 0. The van der Waals surface area contributed by atoms with Crippen LogP contribution in [0.2, 0.25) is 5.02 Å². The first-order valence-corrected chi connectivity index (χ1v) is 8.10. The fraction of sp³-hybridized carbons (Fsp3) is 0.438. The normalized spacial score (nSPS) is 14.6. The summed E-state index contributed by atoms with van der Waals surface area (Å²) in [6, 6.07) is 7.00. The average molecular weight is 354 g/mol. The van der Waals surface area contributed by atoms with Crippen molar-refractivity contribution in [1.29, 1.82) is 0 Å². The molecule has 130 valence electrons. The highest BCUT2D eigenvalue weighted by molar-refractivity contribution is 6.30. The molecule has 3 amide bonds. The van der Waals surface area contributed by atoms with Crippen molar-refractivity contribution in [3.63, 3.8) is 0 Å². The number of hydrogen-bond donors (Lipinski definition) is 2. The molecule has 2 N–H and O–H groups in total. The van der Waals surface area contributed by atoms with Crippen molar-refractivity contribution >= 4 is 29.5 Å². The summed E-state index contributed by atoms with van der Waals surface area (Å²) >= 11 is 5.94. The van der Waals surface area contributed by atoms with Crippen molar-refractivity contribution < 1.29 is 19.5 Å². The van der Waals surface area contributed by atoms with Crippen LogP contribution >= 0.6 is 11.6 Å². The van der Waals surface area contributed by atoms with Crippen molar-refractivity contribution in [3.8, 4) is 0 Å². The largest absolute Gasteiger partial charge is 0.481 e. The van der Waals surface area contributed by atoms with Crippen molar-refractivity contribution in [2.45, 2.75) is 19.4 Å². The molecule has 1 aromatic rings. The minimum absolute atomic E-state index is 0.00657. The smallest absolute Gasteiger partial charge is 0.317 e. The number of benzene rings is 1. The number of piperazine rings is 1. The lowest BCUT2D eigenvalue weighted by atomic mass is 10.2. The van der Waals surface area contributed by atoms with E-state index in [0.717, 1.165) is 5.56 Å². The molecule has 0 aromatic heterocycles. The Labute approximate surface area is 145 Å². The monoisotopic (exact) mass is 353 g/mol. The first-order valence-electron chi connectivity index (χ1n) is 7.72. The molecule has 0 unspecified atom stereocenters. The van der Waals surface area contributed by atoms with E-state index in [1.807, 2.05) is 18.2 Å². The molecule has 1 aliphatic rings. The van der Waals surface area contributed by atoms with Crippen molar-refractivity contribution in [3.05, 3.63) is 34.9 Å². The number of nitrogens with one attached hydrogen (secondary N) is 1. The number of carbonyl (C=O) groups is 3. The Balaban J connectivity index is 1.78. The zero-order chi connectivity index (χ0) is 17.5. The van der Waals surface area contributed by atoms with Gasteiger partial charge in [0.05, 0.1) is 0 Å². The van der Waals surface area contributed by atoms with Crippen LogP contribution in [0.4, 0.5) is 4.79 Å². The van der Waals surface area contributed by atoms with Gasteiger partial charge in [-0.3, -0.25) is 9.59 Å². The fourth-order valence-electron chi connectivity index (χ4n) is 2.45. The second kappa shape index (κ2) is 8.54. The first-order chi connectivity index (χ1) is 11.5. The Kier molecular flexibility index (Phi) is 6.43. The molecule has 1 fully saturated rings. The minimum Gasteiger partial charge on any atom is -0.481 e. The predicted octanol–water partition coefficient (Wildman–Crippen LogP) is 1.56. The quantitative estimate of drug-likeness (QED) is 0.759. The van der Waals surface area contributed by atoms with E-state index in [2.05, 4.69) is 5.32 Å². The molecule has 24 heavy (non-hydrogen) atoms.